The molecule has 0 nitrogen and oxygen atoms in total. The van der Waals surface area contributed by atoms with E-state index in [4.69, 9.17) is 0 Å². The Morgan fingerprint density at radius 1 is 0.316 bits per heavy atom. The lowest BCUT2D eigenvalue weighted by molar-refractivity contribution is 1.89. The van der Waals surface area contributed by atoms with Crippen LogP contribution in [0, 0.1) is 0 Å². The second kappa shape index (κ2) is 12.3. The molecule has 0 aliphatic carbocycles. The standard InChI is InChI=1S/C32H22S6/c1-3-23(33-21-1)5-7-25-9-11-27(35-25)13-15-29-17-19-31(37-29)32-20-18-30(38-32)16-14-28-12-10-26(36-28)8-6-24-4-2-22-34-24/h1-22H/b7-5+,8-6+,15-13+,16-14+. The van der Waals surface area contributed by atoms with Gasteiger partial charge in [-0.2, -0.15) is 0 Å². The lowest BCUT2D eigenvalue weighted by Crippen LogP contribution is -1.59. The third kappa shape index (κ3) is 6.77. The molecule has 0 amide bonds. The summed E-state index contributed by atoms with van der Waals surface area (Å²) < 4.78 is 0. The highest BCUT2D eigenvalue weighted by Crippen LogP contribution is 2.35. The van der Waals surface area contributed by atoms with E-state index in [0.29, 0.717) is 0 Å². The summed E-state index contributed by atoms with van der Waals surface area (Å²) in [7, 11) is 0. The number of rotatable bonds is 9. The van der Waals surface area contributed by atoms with Crippen molar-refractivity contribution >= 4 is 117 Å². The number of hydrogen-bond acceptors (Lipinski definition) is 6. The van der Waals surface area contributed by atoms with Crippen molar-refractivity contribution in [2.75, 3.05) is 0 Å². The molecule has 6 aromatic rings. The Morgan fingerprint density at radius 2 is 0.632 bits per heavy atom. The average molecular weight is 599 g/mol. The predicted molar refractivity (Wildman–Crippen MR) is 181 cm³/mol. The minimum Gasteiger partial charge on any atom is -0.144 e. The Hall–Kier alpha value is -2.84. The van der Waals surface area contributed by atoms with Crippen LogP contribution in [-0.2, 0) is 0 Å². The fourth-order valence-electron chi connectivity index (χ4n) is 3.67. The van der Waals surface area contributed by atoms with Crippen molar-refractivity contribution in [1.29, 1.82) is 0 Å². The van der Waals surface area contributed by atoms with Gasteiger partial charge in [-0.15, -0.1) is 68.0 Å². The van der Waals surface area contributed by atoms with Gasteiger partial charge in [-0.3, -0.25) is 0 Å². The van der Waals surface area contributed by atoms with Crippen LogP contribution in [0.25, 0.3) is 58.4 Å². The molecule has 0 aromatic carbocycles. The summed E-state index contributed by atoms with van der Waals surface area (Å²) in [4.78, 5) is 12.8. The van der Waals surface area contributed by atoms with Crippen molar-refractivity contribution in [1.82, 2.24) is 0 Å². The molecule has 0 saturated carbocycles. The second-order valence-corrected chi connectivity index (χ2v) is 14.7. The molecule has 0 bridgehead atoms. The Bertz CT molecular complexity index is 1580. The van der Waals surface area contributed by atoms with E-state index in [1.54, 1.807) is 22.7 Å². The first-order valence-electron chi connectivity index (χ1n) is 12.0. The molecule has 38 heavy (non-hydrogen) atoms. The third-order valence-corrected chi connectivity index (χ3v) is 11.5. The molecule has 6 rings (SSSR count). The molecule has 0 radical (unpaired) electrons. The molecule has 0 fully saturated rings. The van der Waals surface area contributed by atoms with Gasteiger partial charge in [-0.1, -0.05) is 12.1 Å². The molecule has 6 heterocycles. The van der Waals surface area contributed by atoms with E-state index in [2.05, 4.69) is 132 Å². The van der Waals surface area contributed by atoms with Crippen LogP contribution in [0.5, 0.6) is 0 Å². The average Bonchev–Trinajstić information content (AvgIpc) is 3.78. The normalized spacial score (nSPS) is 12.3. The zero-order valence-electron chi connectivity index (χ0n) is 20.2. The van der Waals surface area contributed by atoms with E-state index in [9.17, 15) is 0 Å². The summed E-state index contributed by atoms with van der Waals surface area (Å²) in [6.45, 7) is 0. The van der Waals surface area contributed by atoms with Crippen molar-refractivity contribution in [3.8, 4) is 9.75 Å². The lowest BCUT2D eigenvalue weighted by atomic mass is 10.3. The van der Waals surface area contributed by atoms with Crippen molar-refractivity contribution in [3.63, 3.8) is 0 Å². The van der Waals surface area contributed by atoms with Gasteiger partial charge >= 0.3 is 0 Å². The summed E-state index contributed by atoms with van der Waals surface area (Å²) in [6.07, 6.45) is 17.6. The number of hydrogen-bond donors (Lipinski definition) is 0. The minimum atomic E-state index is 1.27. The van der Waals surface area contributed by atoms with E-state index >= 15 is 0 Å². The summed E-state index contributed by atoms with van der Waals surface area (Å²) in [6, 6.07) is 26.1. The zero-order chi connectivity index (χ0) is 25.6. The maximum absolute atomic E-state index is 2.23. The minimum absolute atomic E-state index is 1.27. The highest BCUT2D eigenvalue weighted by Gasteiger charge is 2.05. The first kappa shape index (κ1) is 25.4. The van der Waals surface area contributed by atoms with E-state index in [0.717, 1.165) is 0 Å². The van der Waals surface area contributed by atoms with Crippen LogP contribution in [0.1, 0.15) is 39.0 Å². The van der Waals surface area contributed by atoms with E-state index in [1.807, 2.05) is 45.3 Å². The molecular weight excluding hydrogens is 577 g/mol. The molecule has 0 unspecified atom stereocenters. The van der Waals surface area contributed by atoms with Gasteiger partial charge in [0.2, 0.25) is 0 Å². The van der Waals surface area contributed by atoms with Gasteiger partial charge < -0.3 is 0 Å². The predicted octanol–water partition coefficient (Wildman–Crippen LogP) is 12.4. The van der Waals surface area contributed by atoms with Gasteiger partial charge in [0.15, 0.2) is 0 Å². The molecule has 0 spiro atoms. The van der Waals surface area contributed by atoms with Crippen LogP contribution in [0.4, 0.5) is 0 Å². The topological polar surface area (TPSA) is 0 Å². The van der Waals surface area contributed by atoms with Crippen molar-refractivity contribution in [2.45, 2.75) is 0 Å². The molecule has 6 heteroatoms. The maximum Gasteiger partial charge on any atom is 0.0449 e. The first-order chi connectivity index (χ1) is 18.8. The summed E-state index contributed by atoms with van der Waals surface area (Å²) in [5.74, 6) is 0. The summed E-state index contributed by atoms with van der Waals surface area (Å²) >= 11 is 10.8. The molecular formula is C32H22S6. The van der Waals surface area contributed by atoms with Gasteiger partial charge in [0, 0.05) is 48.8 Å². The van der Waals surface area contributed by atoms with E-state index < -0.39 is 0 Å². The number of thiophene rings is 6. The van der Waals surface area contributed by atoms with Crippen molar-refractivity contribution in [3.05, 3.63) is 123 Å². The molecule has 186 valence electrons. The quantitative estimate of drug-likeness (QED) is 0.155. The van der Waals surface area contributed by atoms with Crippen molar-refractivity contribution < 1.29 is 0 Å². The van der Waals surface area contributed by atoms with Crippen LogP contribution in [0.15, 0.2) is 83.6 Å². The Labute approximate surface area is 247 Å². The van der Waals surface area contributed by atoms with Crippen LogP contribution in [0.2, 0.25) is 0 Å². The highest BCUT2D eigenvalue weighted by atomic mass is 32.1. The van der Waals surface area contributed by atoms with E-state index in [1.165, 1.54) is 48.8 Å². The van der Waals surface area contributed by atoms with Gasteiger partial charge in [-0.25, -0.2) is 0 Å². The fraction of sp³-hybridized carbons (Fsp3) is 0. The van der Waals surface area contributed by atoms with Crippen LogP contribution in [0.3, 0.4) is 0 Å². The molecule has 0 atom stereocenters. The SMILES string of the molecule is C(=C\c1ccc(/C=C/c2ccc(-c3ccc(/C=C/c4ccc(/C=C/c5cccs5)s4)s3)s2)s1)/c1cccs1. The largest absolute Gasteiger partial charge is 0.144 e. The van der Waals surface area contributed by atoms with Gasteiger partial charge in [0.1, 0.15) is 0 Å². The fourth-order valence-corrected chi connectivity index (χ4v) is 8.45. The molecule has 0 aliphatic heterocycles. The molecule has 0 N–H and O–H groups in total. The second-order valence-electron chi connectivity index (χ2n) is 8.25. The van der Waals surface area contributed by atoms with Crippen LogP contribution >= 0.6 is 68.0 Å². The molecule has 6 aromatic heterocycles. The van der Waals surface area contributed by atoms with Crippen LogP contribution in [-0.4, -0.2) is 0 Å². The Kier molecular flexibility index (Phi) is 8.26. The van der Waals surface area contributed by atoms with Gasteiger partial charge in [0.25, 0.3) is 0 Å². The van der Waals surface area contributed by atoms with Crippen LogP contribution < -0.4 is 0 Å². The first-order valence-corrected chi connectivity index (χ1v) is 17.0. The molecule has 0 aliphatic rings. The van der Waals surface area contributed by atoms with E-state index in [-0.39, 0.29) is 0 Å². The third-order valence-electron chi connectivity index (χ3n) is 5.53. The molecule has 0 saturated heterocycles. The van der Waals surface area contributed by atoms with Gasteiger partial charge in [-0.05, 0) is 120 Å². The smallest absolute Gasteiger partial charge is 0.0449 e. The maximum atomic E-state index is 2.23. The monoisotopic (exact) mass is 598 g/mol. The van der Waals surface area contributed by atoms with Crippen molar-refractivity contribution in [2.24, 2.45) is 0 Å². The Balaban J connectivity index is 1.06. The Morgan fingerprint density at radius 3 is 0.974 bits per heavy atom. The summed E-state index contributed by atoms with van der Waals surface area (Å²) in [5, 5.41) is 4.22. The zero-order valence-corrected chi connectivity index (χ0v) is 25.1. The van der Waals surface area contributed by atoms with Gasteiger partial charge in [0.05, 0.1) is 0 Å². The lowest BCUT2D eigenvalue weighted by Gasteiger charge is -1.89. The highest BCUT2D eigenvalue weighted by molar-refractivity contribution is 7.23. The summed E-state index contributed by atoms with van der Waals surface area (Å²) in [5.41, 5.74) is 0.